The Balaban J connectivity index is 1.72. The van der Waals surface area contributed by atoms with E-state index >= 15 is 0 Å². The van der Waals surface area contributed by atoms with Crippen LogP contribution in [-0.4, -0.2) is 0 Å². The molecule has 4 rings (SSSR count). The van der Waals surface area contributed by atoms with Crippen LogP contribution in [0, 0.1) is 40.9 Å². The molecule has 0 aromatic rings. The number of allylic oxidation sites excluding steroid dienone is 3. The third-order valence-electron chi connectivity index (χ3n) is 8.01. The van der Waals surface area contributed by atoms with Gasteiger partial charge in [0.05, 0.1) is 0 Å². The van der Waals surface area contributed by atoms with Gasteiger partial charge in [-0.25, -0.2) is 0 Å². The fourth-order valence-electron chi connectivity index (χ4n) is 6.73. The Morgan fingerprint density at radius 1 is 1.05 bits per heavy atom. The second kappa shape index (κ2) is 4.74. The summed E-state index contributed by atoms with van der Waals surface area (Å²) in [5, 5.41) is 0. The van der Waals surface area contributed by atoms with Crippen LogP contribution in [0.15, 0.2) is 23.8 Å². The van der Waals surface area contributed by atoms with E-state index in [4.69, 9.17) is 0 Å². The van der Waals surface area contributed by atoms with Crippen molar-refractivity contribution in [2.24, 2.45) is 40.9 Å². The van der Waals surface area contributed by atoms with Crippen LogP contribution in [0.2, 0.25) is 0 Å². The monoisotopic (exact) mass is 284 g/mol. The van der Waals surface area contributed by atoms with Crippen molar-refractivity contribution >= 4 is 0 Å². The van der Waals surface area contributed by atoms with Gasteiger partial charge in [0, 0.05) is 0 Å². The smallest absolute Gasteiger partial charge is 0.00788 e. The van der Waals surface area contributed by atoms with Crippen molar-refractivity contribution in [1.82, 2.24) is 0 Å². The van der Waals surface area contributed by atoms with E-state index in [1.54, 1.807) is 5.57 Å². The summed E-state index contributed by atoms with van der Waals surface area (Å²) in [6.07, 6.45) is 12.7. The molecular formula is C21H32. The normalized spacial score (nSPS) is 52.7. The van der Waals surface area contributed by atoms with Gasteiger partial charge in [0.15, 0.2) is 0 Å². The second-order valence-corrected chi connectivity index (χ2v) is 9.10. The third kappa shape index (κ3) is 1.93. The molecule has 3 saturated carbocycles. The van der Waals surface area contributed by atoms with Gasteiger partial charge < -0.3 is 0 Å². The van der Waals surface area contributed by atoms with Crippen LogP contribution < -0.4 is 0 Å². The molecule has 0 amide bonds. The number of fused-ring (bicyclic) bond motifs is 5. The van der Waals surface area contributed by atoms with Crippen molar-refractivity contribution in [3.05, 3.63) is 23.8 Å². The van der Waals surface area contributed by atoms with Crippen molar-refractivity contribution < 1.29 is 0 Å². The van der Waals surface area contributed by atoms with Gasteiger partial charge in [-0.1, -0.05) is 51.0 Å². The van der Waals surface area contributed by atoms with Crippen LogP contribution in [0.4, 0.5) is 0 Å². The maximum absolute atomic E-state index is 4.55. The third-order valence-corrected chi connectivity index (χ3v) is 8.01. The summed E-state index contributed by atoms with van der Waals surface area (Å²) in [6.45, 7) is 12.1. The van der Waals surface area contributed by atoms with E-state index in [1.807, 2.05) is 0 Å². The average Bonchev–Trinajstić information content (AvgIpc) is 2.83. The first-order valence-electron chi connectivity index (χ1n) is 9.40. The summed E-state index contributed by atoms with van der Waals surface area (Å²) in [5.41, 5.74) is 3.78. The van der Waals surface area contributed by atoms with Crippen LogP contribution in [0.5, 0.6) is 0 Å². The molecule has 0 bridgehead atoms. The number of hydrogen-bond donors (Lipinski definition) is 0. The number of hydrogen-bond acceptors (Lipinski definition) is 0. The van der Waals surface area contributed by atoms with Gasteiger partial charge in [-0.2, -0.15) is 0 Å². The quantitative estimate of drug-likeness (QED) is 0.512. The summed E-state index contributed by atoms with van der Waals surface area (Å²) in [4.78, 5) is 0. The lowest BCUT2D eigenvalue weighted by Crippen LogP contribution is -2.47. The van der Waals surface area contributed by atoms with Gasteiger partial charge in [-0.15, -0.1) is 0 Å². The highest BCUT2D eigenvalue weighted by Crippen LogP contribution is 2.63. The molecule has 3 fully saturated rings. The highest BCUT2D eigenvalue weighted by atomic mass is 14.6. The van der Waals surface area contributed by atoms with Gasteiger partial charge in [-0.3, -0.25) is 0 Å². The minimum absolute atomic E-state index is 0.509. The molecule has 0 N–H and O–H groups in total. The van der Waals surface area contributed by atoms with E-state index < -0.39 is 0 Å². The van der Waals surface area contributed by atoms with Gasteiger partial charge in [0.2, 0.25) is 0 Å². The lowest BCUT2D eigenvalue weighted by molar-refractivity contribution is 0.0239. The van der Waals surface area contributed by atoms with E-state index in [0.717, 1.165) is 35.5 Å². The Morgan fingerprint density at radius 3 is 2.62 bits per heavy atom. The molecule has 4 aliphatic carbocycles. The average molecular weight is 284 g/mol. The van der Waals surface area contributed by atoms with Crippen LogP contribution in [0.25, 0.3) is 0 Å². The zero-order valence-corrected chi connectivity index (χ0v) is 14.2. The van der Waals surface area contributed by atoms with Crippen molar-refractivity contribution in [1.29, 1.82) is 0 Å². The largest absolute Gasteiger partial charge is 0.0955 e. The predicted octanol–water partition coefficient (Wildman–Crippen LogP) is 6.00. The maximum atomic E-state index is 4.55. The standard InChI is InChI=1S/C21H32/c1-13-9-10-21(4)16(11-13)12-15(3)20-18-6-5-14(2)17(18)7-8-19(20)21/h12-14,17-20H,3,5-11H2,1-2,4H3. The summed E-state index contributed by atoms with van der Waals surface area (Å²) in [7, 11) is 0. The molecule has 21 heavy (non-hydrogen) atoms. The molecule has 0 radical (unpaired) electrons. The fraction of sp³-hybridized carbons (Fsp3) is 0.810. The van der Waals surface area contributed by atoms with Gasteiger partial charge in [0.25, 0.3) is 0 Å². The lowest BCUT2D eigenvalue weighted by Gasteiger charge is -2.56. The fourth-order valence-corrected chi connectivity index (χ4v) is 6.73. The first kappa shape index (κ1) is 14.1. The first-order valence-corrected chi connectivity index (χ1v) is 9.40. The number of rotatable bonds is 0. The van der Waals surface area contributed by atoms with E-state index in [9.17, 15) is 0 Å². The highest BCUT2D eigenvalue weighted by Gasteiger charge is 2.54. The SMILES string of the molecule is C=C1C=C2CC(C)CCC2(C)C2CCC3C(C)CCC3C12. The summed E-state index contributed by atoms with van der Waals surface area (Å²) in [5.74, 6) is 5.54. The van der Waals surface area contributed by atoms with Crippen molar-refractivity contribution in [3.63, 3.8) is 0 Å². The minimum atomic E-state index is 0.509. The van der Waals surface area contributed by atoms with Gasteiger partial charge in [0.1, 0.15) is 0 Å². The maximum Gasteiger partial charge on any atom is -0.00788 e. The Bertz CT molecular complexity index is 484. The Hall–Kier alpha value is -0.520. The van der Waals surface area contributed by atoms with E-state index in [2.05, 4.69) is 33.4 Å². The Labute approximate surface area is 131 Å². The molecule has 0 spiro atoms. The van der Waals surface area contributed by atoms with Crippen molar-refractivity contribution in [2.75, 3.05) is 0 Å². The molecule has 0 nitrogen and oxygen atoms in total. The second-order valence-electron chi connectivity index (χ2n) is 9.10. The summed E-state index contributed by atoms with van der Waals surface area (Å²) >= 11 is 0. The van der Waals surface area contributed by atoms with E-state index in [0.29, 0.717) is 5.41 Å². The molecule has 0 heteroatoms. The topological polar surface area (TPSA) is 0 Å². The van der Waals surface area contributed by atoms with Crippen LogP contribution in [-0.2, 0) is 0 Å². The van der Waals surface area contributed by atoms with Crippen LogP contribution in [0.3, 0.4) is 0 Å². The van der Waals surface area contributed by atoms with E-state index in [-0.39, 0.29) is 0 Å². The zero-order chi connectivity index (χ0) is 14.8. The Morgan fingerprint density at radius 2 is 1.81 bits per heavy atom. The highest BCUT2D eigenvalue weighted by molar-refractivity contribution is 5.37. The molecule has 0 heterocycles. The van der Waals surface area contributed by atoms with Crippen LogP contribution in [0.1, 0.15) is 65.7 Å². The van der Waals surface area contributed by atoms with Gasteiger partial charge in [-0.05, 0) is 79.4 Å². The molecule has 116 valence electrons. The van der Waals surface area contributed by atoms with Crippen LogP contribution >= 0.6 is 0 Å². The van der Waals surface area contributed by atoms with Crippen molar-refractivity contribution in [3.8, 4) is 0 Å². The molecule has 0 aromatic heterocycles. The Kier molecular flexibility index (Phi) is 3.18. The van der Waals surface area contributed by atoms with Gasteiger partial charge >= 0.3 is 0 Å². The first-order chi connectivity index (χ1) is 10.0. The van der Waals surface area contributed by atoms with E-state index in [1.165, 1.54) is 50.5 Å². The molecule has 0 aromatic carbocycles. The molecule has 0 aliphatic heterocycles. The summed E-state index contributed by atoms with van der Waals surface area (Å²) < 4.78 is 0. The molecular weight excluding hydrogens is 252 g/mol. The molecule has 0 saturated heterocycles. The minimum Gasteiger partial charge on any atom is -0.0955 e. The molecule has 4 aliphatic rings. The molecule has 7 atom stereocenters. The van der Waals surface area contributed by atoms with Crippen molar-refractivity contribution in [2.45, 2.75) is 65.7 Å². The zero-order valence-electron chi connectivity index (χ0n) is 14.2. The molecule has 7 unspecified atom stereocenters. The lowest BCUT2D eigenvalue weighted by atomic mass is 9.49. The summed E-state index contributed by atoms with van der Waals surface area (Å²) in [6, 6.07) is 0. The predicted molar refractivity (Wildman–Crippen MR) is 89.9 cm³/mol.